The van der Waals surface area contributed by atoms with Crippen molar-refractivity contribution >= 4 is 23.9 Å². The first kappa shape index (κ1) is 33.1. The van der Waals surface area contributed by atoms with Gasteiger partial charge in [0, 0.05) is 30.3 Å². The molecule has 45 heavy (non-hydrogen) atoms. The molecule has 1 aromatic rings. The number of fused-ring (bicyclic) bond motifs is 1. The summed E-state index contributed by atoms with van der Waals surface area (Å²) < 4.78 is 30.0. The first-order chi connectivity index (χ1) is 21.5. The first-order valence-electron chi connectivity index (χ1n) is 15.9. The first-order valence-corrected chi connectivity index (χ1v) is 15.9. The lowest BCUT2D eigenvalue weighted by Gasteiger charge is -2.31. The molecule has 1 saturated heterocycles. The zero-order chi connectivity index (χ0) is 32.2. The minimum atomic E-state index is -0.801. The molecular weight excluding hydrogens is 582 g/mol. The fraction of sp³-hybridized carbons (Fsp3) is 0.618. The van der Waals surface area contributed by atoms with E-state index >= 15 is 0 Å². The van der Waals surface area contributed by atoms with E-state index in [9.17, 15) is 19.5 Å². The molecule has 246 valence electrons. The minimum absolute atomic E-state index is 0.0356. The van der Waals surface area contributed by atoms with Crippen LogP contribution in [0, 0.1) is 11.8 Å². The van der Waals surface area contributed by atoms with Crippen molar-refractivity contribution in [2.75, 3.05) is 19.8 Å². The van der Waals surface area contributed by atoms with Crippen molar-refractivity contribution in [1.29, 1.82) is 0 Å². The Morgan fingerprint density at radius 2 is 1.80 bits per heavy atom. The molecule has 0 spiro atoms. The fourth-order valence-electron chi connectivity index (χ4n) is 6.01. The van der Waals surface area contributed by atoms with E-state index in [1.165, 1.54) is 6.26 Å². The number of aliphatic hydroxyl groups excluding tert-OH is 2. The number of ether oxygens (including phenoxy) is 5. The van der Waals surface area contributed by atoms with Gasteiger partial charge >= 0.3 is 11.9 Å². The van der Waals surface area contributed by atoms with Crippen LogP contribution in [0.2, 0.25) is 0 Å². The van der Waals surface area contributed by atoms with Crippen LogP contribution in [0.15, 0.2) is 42.2 Å². The predicted molar refractivity (Wildman–Crippen MR) is 162 cm³/mol. The molecule has 4 unspecified atom stereocenters. The lowest BCUT2D eigenvalue weighted by molar-refractivity contribution is -0.209. The van der Waals surface area contributed by atoms with Crippen LogP contribution < -0.4 is 5.32 Å². The quantitative estimate of drug-likeness (QED) is 0.159. The fourth-order valence-corrected chi connectivity index (χ4v) is 6.01. The number of benzene rings is 1. The Balaban J connectivity index is 1.32. The Bertz CT molecular complexity index is 1280. The van der Waals surface area contributed by atoms with Gasteiger partial charge in [-0.1, -0.05) is 18.2 Å². The Morgan fingerprint density at radius 1 is 1.09 bits per heavy atom. The van der Waals surface area contributed by atoms with Gasteiger partial charge in [0.25, 0.3) is 0 Å². The van der Waals surface area contributed by atoms with E-state index in [2.05, 4.69) is 5.32 Å². The van der Waals surface area contributed by atoms with E-state index in [0.29, 0.717) is 16.7 Å². The van der Waals surface area contributed by atoms with Crippen LogP contribution in [0.4, 0.5) is 0 Å². The van der Waals surface area contributed by atoms with Crippen molar-refractivity contribution in [3.63, 3.8) is 0 Å². The molecule has 4 aliphatic rings. The second-order valence-corrected chi connectivity index (χ2v) is 13.2. The van der Waals surface area contributed by atoms with Gasteiger partial charge in [-0.25, -0.2) is 4.79 Å². The highest BCUT2D eigenvalue weighted by molar-refractivity contribution is 5.95. The van der Waals surface area contributed by atoms with Crippen LogP contribution in [0.1, 0.15) is 81.6 Å². The third-order valence-electron chi connectivity index (χ3n) is 8.37. The molecule has 11 heteroatoms. The molecule has 5 rings (SSSR count). The van der Waals surface area contributed by atoms with Crippen LogP contribution >= 0.6 is 0 Å². The molecule has 1 aliphatic heterocycles. The van der Waals surface area contributed by atoms with Crippen LogP contribution in [0.3, 0.4) is 0 Å². The van der Waals surface area contributed by atoms with E-state index in [4.69, 9.17) is 28.8 Å². The maximum absolute atomic E-state index is 13.6. The van der Waals surface area contributed by atoms with Crippen molar-refractivity contribution in [3.05, 3.63) is 53.3 Å². The average Bonchev–Trinajstić information content (AvgIpc) is 3.94. The molecule has 2 saturated carbocycles. The molecule has 11 nitrogen and oxygen atoms in total. The minimum Gasteiger partial charge on any atom is -0.499 e. The molecule has 0 bridgehead atoms. The van der Waals surface area contributed by atoms with Crippen molar-refractivity contribution < 1.29 is 48.3 Å². The normalized spacial score (nSPS) is 24.8. The number of esters is 2. The zero-order valence-electron chi connectivity index (χ0n) is 26.2. The number of aliphatic hydroxyl groups is 2. The Kier molecular flexibility index (Phi) is 10.3. The molecule has 0 radical (unpaired) electrons. The Morgan fingerprint density at radius 3 is 2.44 bits per heavy atom. The van der Waals surface area contributed by atoms with Gasteiger partial charge in [-0.2, -0.15) is 0 Å². The highest BCUT2D eigenvalue weighted by Crippen LogP contribution is 2.59. The second-order valence-electron chi connectivity index (χ2n) is 13.2. The van der Waals surface area contributed by atoms with E-state index < -0.39 is 53.6 Å². The van der Waals surface area contributed by atoms with E-state index in [-0.39, 0.29) is 50.9 Å². The summed E-state index contributed by atoms with van der Waals surface area (Å²) in [5.74, 6) is -1.62. The number of carbonyl (C=O) groups is 3. The largest absolute Gasteiger partial charge is 0.499 e. The molecule has 3 fully saturated rings. The second kappa shape index (κ2) is 14.0. The van der Waals surface area contributed by atoms with Gasteiger partial charge in [-0.15, -0.1) is 0 Å². The molecule has 1 aromatic carbocycles. The third kappa shape index (κ3) is 8.32. The Labute approximate surface area is 263 Å². The number of amides is 1. The smallest absolute Gasteiger partial charge is 0.339 e. The SMILES string of the molecule is CC(C)(C)OC(=O)CCC(CO)NC(=O)C1=CC2OC(C3CC3)(C3CC3)OC2C(OC(=O)c2ccccc2C=COCCO)C1. The van der Waals surface area contributed by atoms with Gasteiger partial charge in [0.2, 0.25) is 5.91 Å². The summed E-state index contributed by atoms with van der Waals surface area (Å²) in [7, 11) is 0. The maximum Gasteiger partial charge on any atom is 0.339 e. The number of rotatable bonds is 14. The van der Waals surface area contributed by atoms with Gasteiger partial charge in [0.05, 0.1) is 31.1 Å². The standard InChI is InChI=1S/C34H45NO10/c1-33(2,3)44-29(38)13-12-25(20-37)35-31(39)22-18-27(30-28(19-22)43-34(45-30,23-8-9-23)24-10-11-24)42-32(40)26-7-5-4-6-21(26)14-16-41-17-15-36/h4-7,14,16,19,23-25,27-28,30,36-37H,8-13,15,17-18,20H2,1-3H3,(H,35,39). The highest BCUT2D eigenvalue weighted by Gasteiger charge is 2.64. The predicted octanol–water partition coefficient (Wildman–Crippen LogP) is 3.42. The number of hydrogen-bond acceptors (Lipinski definition) is 10. The lowest BCUT2D eigenvalue weighted by Crippen LogP contribution is -2.45. The van der Waals surface area contributed by atoms with E-state index in [1.807, 2.05) is 0 Å². The Hall–Kier alpha value is -3.25. The van der Waals surface area contributed by atoms with Gasteiger partial charge in [0.15, 0.2) is 5.79 Å². The summed E-state index contributed by atoms with van der Waals surface area (Å²) in [6.45, 7) is 4.98. The highest BCUT2D eigenvalue weighted by atomic mass is 16.8. The topological polar surface area (TPSA) is 150 Å². The molecule has 1 heterocycles. The summed E-state index contributed by atoms with van der Waals surface area (Å²) in [4.78, 5) is 39.3. The van der Waals surface area contributed by atoms with Crippen LogP contribution in [0.25, 0.3) is 6.08 Å². The number of carbonyl (C=O) groups excluding carboxylic acids is 3. The van der Waals surface area contributed by atoms with Crippen molar-refractivity contribution in [2.45, 2.75) is 101 Å². The lowest BCUT2D eigenvalue weighted by atomic mass is 9.91. The summed E-state index contributed by atoms with van der Waals surface area (Å²) >= 11 is 0. The number of nitrogens with one attached hydrogen (secondary N) is 1. The summed E-state index contributed by atoms with van der Waals surface area (Å²) in [6, 6.07) is 6.26. The number of hydrogen-bond donors (Lipinski definition) is 3. The molecule has 4 atom stereocenters. The average molecular weight is 628 g/mol. The monoisotopic (exact) mass is 627 g/mol. The summed E-state index contributed by atoms with van der Waals surface area (Å²) in [5, 5.41) is 21.8. The molecular formula is C34H45NO10. The molecule has 3 aliphatic carbocycles. The van der Waals surface area contributed by atoms with Crippen molar-refractivity contribution in [1.82, 2.24) is 5.32 Å². The maximum atomic E-state index is 13.6. The van der Waals surface area contributed by atoms with Crippen molar-refractivity contribution in [3.8, 4) is 0 Å². The summed E-state index contributed by atoms with van der Waals surface area (Å²) in [5.41, 5.74) is 0.623. The van der Waals surface area contributed by atoms with Gasteiger partial charge in [-0.05, 0) is 76.7 Å². The van der Waals surface area contributed by atoms with Gasteiger partial charge < -0.3 is 39.2 Å². The van der Waals surface area contributed by atoms with Crippen LogP contribution in [0.5, 0.6) is 0 Å². The molecule has 3 N–H and O–H groups in total. The van der Waals surface area contributed by atoms with E-state index in [0.717, 1.165) is 25.7 Å². The molecule has 0 aromatic heterocycles. The summed E-state index contributed by atoms with van der Waals surface area (Å²) in [6.07, 6.45) is 7.18. The van der Waals surface area contributed by atoms with Crippen LogP contribution in [-0.2, 0) is 33.3 Å². The van der Waals surface area contributed by atoms with Gasteiger partial charge in [-0.3, -0.25) is 9.59 Å². The van der Waals surface area contributed by atoms with Crippen molar-refractivity contribution in [2.24, 2.45) is 11.8 Å². The van der Waals surface area contributed by atoms with Crippen LogP contribution in [-0.4, -0.2) is 83.6 Å². The van der Waals surface area contributed by atoms with Gasteiger partial charge in [0.1, 0.15) is 30.5 Å². The molecule has 1 amide bonds. The third-order valence-corrected chi connectivity index (χ3v) is 8.37. The zero-order valence-corrected chi connectivity index (χ0v) is 26.2. The van der Waals surface area contributed by atoms with E-state index in [1.54, 1.807) is 57.2 Å².